The van der Waals surface area contributed by atoms with Crippen LogP contribution in [0, 0.1) is 0 Å². The van der Waals surface area contributed by atoms with Crippen LogP contribution in [-0.4, -0.2) is 8.80 Å². The number of rotatable bonds is 3. The highest BCUT2D eigenvalue weighted by atomic mass is 28.3. The van der Waals surface area contributed by atoms with Crippen molar-refractivity contribution in [1.82, 2.24) is 0 Å². The quantitative estimate of drug-likeness (QED) is 0.552. The zero-order valence-electron chi connectivity index (χ0n) is 8.20. The SMILES string of the molecule is CCCC[SiH](C)C(C)(C)C. The Hall–Kier alpha value is 0.217. The third-order valence-corrected chi connectivity index (χ3v) is 6.70. The average Bonchev–Trinajstić information content (AvgIpc) is 1.80. The van der Waals surface area contributed by atoms with Gasteiger partial charge in [0.15, 0.2) is 0 Å². The van der Waals surface area contributed by atoms with Crippen LogP contribution in [0.25, 0.3) is 0 Å². The molecule has 0 aromatic rings. The van der Waals surface area contributed by atoms with Crippen LogP contribution in [0.4, 0.5) is 0 Å². The maximum atomic E-state index is 2.50. The number of hydrogen-bond donors (Lipinski definition) is 0. The molecule has 0 N–H and O–H groups in total. The molecule has 0 aliphatic heterocycles. The minimum atomic E-state index is -0.408. The molecule has 62 valence electrons. The Morgan fingerprint density at radius 1 is 1.20 bits per heavy atom. The van der Waals surface area contributed by atoms with E-state index < -0.39 is 8.80 Å². The summed E-state index contributed by atoms with van der Waals surface area (Å²) in [5.41, 5.74) is 0. The van der Waals surface area contributed by atoms with Crippen LogP contribution in [-0.2, 0) is 0 Å². The van der Waals surface area contributed by atoms with Crippen molar-refractivity contribution < 1.29 is 0 Å². The summed E-state index contributed by atoms with van der Waals surface area (Å²) in [6, 6.07) is 1.53. The standard InChI is InChI=1S/C9H22Si/c1-6-7-8-10(5)9(2,3)4/h10H,6-8H2,1-5H3. The lowest BCUT2D eigenvalue weighted by atomic mass is 10.2. The summed E-state index contributed by atoms with van der Waals surface area (Å²) < 4.78 is 0. The van der Waals surface area contributed by atoms with E-state index >= 15 is 0 Å². The maximum absolute atomic E-state index is 2.50. The van der Waals surface area contributed by atoms with Crippen LogP contribution < -0.4 is 0 Å². The second kappa shape index (κ2) is 4.17. The summed E-state index contributed by atoms with van der Waals surface area (Å²) in [6.45, 7) is 11.9. The van der Waals surface area contributed by atoms with Gasteiger partial charge < -0.3 is 0 Å². The molecule has 0 aromatic heterocycles. The highest BCUT2D eigenvalue weighted by Gasteiger charge is 2.19. The topological polar surface area (TPSA) is 0 Å². The third-order valence-electron chi connectivity index (χ3n) is 2.47. The molecule has 0 aliphatic rings. The third kappa shape index (κ3) is 4.10. The van der Waals surface area contributed by atoms with Gasteiger partial charge in [-0.15, -0.1) is 0 Å². The molecule has 1 heteroatoms. The van der Waals surface area contributed by atoms with E-state index in [4.69, 9.17) is 0 Å². The lowest BCUT2D eigenvalue weighted by Gasteiger charge is -2.25. The Morgan fingerprint density at radius 2 is 1.70 bits per heavy atom. The van der Waals surface area contributed by atoms with Crippen molar-refractivity contribution in [3.8, 4) is 0 Å². The Bertz CT molecular complexity index is 81.2. The number of unbranched alkanes of at least 4 members (excludes halogenated alkanes) is 1. The molecule has 0 rings (SSSR count). The van der Waals surface area contributed by atoms with Crippen LogP contribution >= 0.6 is 0 Å². The van der Waals surface area contributed by atoms with Gasteiger partial charge in [0.25, 0.3) is 0 Å². The Balaban J connectivity index is 3.52. The molecule has 0 aromatic carbocycles. The second-order valence-electron chi connectivity index (χ2n) is 4.41. The fourth-order valence-electron chi connectivity index (χ4n) is 0.943. The molecule has 0 radical (unpaired) electrons. The van der Waals surface area contributed by atoms with Gasteiger partial charge in [-0.05, 0) is 5.04 Å². The summed E-state index contributed by atoms with van der Waals surface area (Å²) >= 11 is 0. The molecule has 0 fully saturated rings. The Labute approximate surface area is 67.6 Å². The van der Waals surface area contributed by atoms with E-state index in [1.807, 2.05) is 0 Å². The number of hydrogen-bond acceptors (Lipinski definition) is 0. The Morgan fingerprint density at radius 3 is 2.00 bits per heavy atom. The first-order valence-electron chi connectivity index (χ1n) is 4.48. The predicted molar refractivity (Wildman–Crippen MR) is 52.4 cm³/mol. The van der Waals surface area contributed by atoms with Gasteiger partial charge in [0.05, 0.1) is 0 Å². The molecule has 0 saturated heterocycles. The van der Waals surface area contributed by atoms with Crippen LogP contribution in [0.3, 0.4) is 0 Å². The molecule has 0 heterocycles. The van der Waals surface area contributed by atoms with Crippen molar-refractivity contribution in [2.45, 2.75) is 58.2 Å². The predicted octanol–water partition coefficient (Wildman–Crippen LogP) is 3.44. The van der Waals surface area contributed by atoms with Gasteiger partial charge in [-0.3, -0.25) is 0 Å². The van der Waals surface area contributed by atoms with Crippen molar-refractivity contribution in [3.63, 3.8) is 0 Å². The highest BCUT2D eigenvalue weighted by Crippen LogP contribution is 2.29. The van der Waals surface area contributed by atoms with Gasteiger partial charge >= 0.3 is 0 Å². The Kier molecular flexibility index (Phi) is 4.26. The van der Waals surface area contributed by atoms with Gasteiger partial charge in [-0.2, -0.15) is 0 Å². The minimum Gasteiger partial charge on any atom is -0.0716 e. The van der Waals surface area contributed by atoms with Crippen molar-refractivity contribution in [2.24, 2.45) is 0 Å². The van der Waals surface area contributed by atoms with Crippen LogP contribution in [0.15, 0.2) is 0 Å². The lowest BCUT2D eigenvalue weighted by molar-refractivity contribution is 0.722. The fraction of sp³-hybridized carbons (Fsp3) is 1.00. The molecule has 1 unspecified atom stereocenters. The van der Waals surface area contributed by atoms with E-state index in [9.17, 15) is 0 Å². The van der Waals surface area contributed by atoms with E-state index in [1.165, 1.54) is 18.9 Å². The normalized spacial score (nSPS) is 15.3. The van der Waals surface area contributed by atoms with E-state index in [1.54, 1.807) is 0 Å². The molecule has 0 nitrogen and oxygen atoms in total. The van der Waals surface area contributed by atoms with Crippen molar-refractivity contribution in [1.29, 1.82) is 0 Å². The van der Waals surface area contributed by atoms with E-state index in [0.717, 1.165) is 0 Å². The summed E-state index contributed by atoms with van der Waals surface area (Å²) in [5, 5.41) is 0.648. The first-order valence-corrected chi connectivity index (χ1v) is 7.03. The van der Waals surface area contributed by atoms with Crippen LogP contribution in [0.5, 0.6) is 0 Å². The molecule has 1 atom stereocenters. The molecule has 10 heavy (non-hydrogen) atoms. The lowest BCUT2D eigenvalue weighted by Crippen LogP contribution is -2.20. The molecule has 0 amide bonds. The van der Waals surface area contributed by atoms with Gasteiger partial charge in [0.2, 0.25) is 0 Å². The highest BCUT2D eigenvalue weighted by molar-refractivity contribution is 6.60. The van der Waals surface area contributed by atoms with Gasteiger partial charge in [0, 0.05) is 8.80 Å². The second-order valence-corrected chi connectivity index (χ2v) is 8.52. The summed E-state index contributed by atoms with van der Waals surface area (Å²) in [5.74, 6) is 0. The molecular formula is C9H22Si. The smallest absolute Gasteiger partial charge is 0.0392 e. The van der Waals surface area contributed by atoms with Crippen LogP contribution in [0.1, 0.15) is 40.5 Å². The van der Waals surface area contributed by atoms with Crippen LogP contribution in [0.2, 0.25) is 17.6 Å². The van der Waals surface area contributed by atoms with Gasteiger partial charge in [-0.25, -0.2) is 0 Å². The van der Waals surface area contributed by atoms with E-state index in [-0.39, 0.29) is 0 Å². The fourth-order valence-corrected chi connectivity index (χ4v) is 2.83. The largest absolute Gasteiger partial charge is 0.0716 e. The van der Waals surface area contributed by atoms with E-state index in [2.05, 4.69) is 34.2 Å². The van der Waals surface area contributed by atoms with Gasteiger partial charge in [0.1, 0.15) is 0 Å². The molecular weight excluding hydrogens is 136 g/mol. The molecule has 0 bridgehead atoms. The summed E-state index contributed by atoms with van der Waals surface area (Å²) in [7, 11) is -0.408. The molecule has 0 saturated carbocycles. The van der Waals surface area contributed by atoms with Crippen molar-refractivity contribution in [2.75, 3.05) is 0 Å². The summed E-state index contributed by atoms with van der Waals surface area (Å²) in [4.78, 5) is 0. The average molecular weight is 158 g/mol. The van der Waals surface area contributed by atoms with Gasteiger partial charge in [-0.1, -0.05) is 53.1 Å². The maximum Gasteiger partial charge on any atom is 0.0392 e. The zero-order chi connectivity index (χ0) is 8.20. The monoisotopic (exact) mass is 158 g/mol. The minimum absolute atomic E-state index is 0.408. The summed E-state index contributed by atoms with van der Waals surface area (Å²) in [6.07, 6.45) is 2.82. The molecule has 0 aliphatic carbocycles. The first kappa shape index (κ1) is 10.2. The van der Waals surface area contributed by atoms with E-state index in [0.29, 0.717) is 5.04 Å². The first-order chi connectivity index (χ1) is 4.48. The van der Waals surface area contributed by atoms with Crippen molar-refractivity contribution in [3.05, 3.63) is 0 Å². The zero-order valence-corrected chi connectivity index (χ0v) is 9.35. The van der Waals surface area contributed by atoms with Crippen molar-refractivity contribution >= 4 is 8.80 Å². The molecule has 0 spiro atoms.